The van der Waals surface area contributed by atoms with Crippen LogP contribution in [-0.2, 0) is 16.2 Å². The minimum Gasteiger partial charge on any atom is -0.507 e. The SMILES string of the molecule is O=S(=O)(c1ccc(O)c(C(F)(F)F)c1)N1CCC(F)(F)C1. The van der Waals surface area contributed by atoms with Crippen LogP contribution in [0.5, 0.6) is 5.75 Å². The summed E-state index contributed by atoms with van der Waals surface area (Å²) >= 11 is 0. The van der Waals surface area contributed by atoms with Crippen LogP contribution in [0.3, 0.4) is 0 Å². The van der Waals surface area contributed by atoms with Gasteiger partial charge in [0.15, 0.2) is 0 Å². The lowest BCUT2D eigenvalue weighted by atomic mass is 10.2. The normalized spacial score (nSPS) is 19.9. The van der Waals surface area contributed by atoms with Crippen LogP contribution in [0.4, 0.5) is 22.0 Å². The van der Waals surface area contributed by atoms with E-state index in [9.17, 15) is 30.4 Å². The number of alkyl halides is 5. The summed E-state index contributed by atoms with van der Waals surface area (Å²) in [5, 5.41) is 9.14. The lowest BCUT2D eigenvalue weighted by Crippen LogP contribution is -2.31. The molecular formula is C11H10F5NO3S. The van der Waals surface area contributed by atoms with Gasteiger partial charge < -0.3 is 5.11 Å². The van der Waals surface area contributed by atoms with Crippen LogP contribution in [0.1, 0.15) is 12.0 Å². The summed E-state index contributed by atoms with van der Waals surface area (Å²) < 4.78 is 88.5. The summed E-state index contributed by atoms with van der Waals surface area (Å²) in [6.07, 6.45) is -5.64. The van der Waals surface area contributed by atoms with E-state index >= 15 is 0 Å². The largest absolute Gasteiger partial charge is 0.507 e. The minimum atomic E-state index is -4.95. The smallest absolute Gasteiger partial charge is 0.419 e. The van der Waals surface area contributed by atoms with Crippen molar-refractivity contribution in [3.05, 3.63) is 23.8 Å². The topological polar surface area (TPSA) is 57.6 Å². The van der Waals surface area contributed by atoms with Crippen molar-refractivity contribution >= 4 is 10.0 Å². The molecule has 1 saturated heterocycles. The first-order valence-corrected chi connectivity index (χ1v) is 7.16. The van der Waals surface area contributed by atoms with Gasteiger partial charge in [-0.25, -0.2) is 17.2 Å². The standard InChI is InChI=1S/C11H10F5NO3S/c12-10(13)3-4-17(6-10)21(19,20)7-1-2-9(18)8(5-7)11(14,15)16/h1-2,5,18H,3-4,6H2. The zero-order chi connectivity index (χ0) is 16.1. The molecule has 10 heteroatoms. The maximum absolute atomic E-state index is 13.0. The molecule has 118 valence electrons. The molecule has 1 N–H and O–H groups in total. The highest BCUT2D eigenvalue weighted by atomic mass is 32.2. The molecule has 0 atom stereocenters. The van der Waals surface area contributed by atoms with E-state index in [0.29, 0.717) is 10.4 Å². The van der Waals surface area contributed by atoms with Gasteiger partial charge in [0.2, 0.25) is 10.0 Å². The summed E-state index contributed by atoms with van der Waals surface area (Å²) in [5.41, 5.74) is -1.53. The lowest BCUT2D eigenvalue weighted by Gasteiger charge is -2.17. The van der Waals surface area contributed by atoms with Crippen molar-refractivity contribution < 1.29 is 35.5 Å². The van der Waals surface area contributed by atoms with Crippen LogP contribution < -0.4 is 0 Å². The third kappa shape index (κ3) is 3.10. The highest BCUT2D eigenvalue weighted by Gasteiger charge is 2.44. The van der Waals surface area contributed by atoms with E-state index in [4.69, 9.17) is 5.11 Å². The van der Waals surface area contributed by atoms with Crippen LogP contribution in [0.15, 0.2) is 23.1 Å². The number of phenolic OH excluding ortho intramolecular Hbond substituents is 1. The summed E-state index contributed by atoms with van der Waals surface area (Å²) in [5.74, 6) is -4.33. The average molecular weight is 331 g/mol. The predicted molar refractivity (Wildman–Crippen MR) is 61.4 cm³/mol. The van der Waals surface area contributed by atoms with E-state index in [1.165, 1.54) is 0 Å². The van der Waals surface area contributed by atoms with E-state index in [-0.39, 0.29) is 6.07 Å². The fraction of sp³-hybridized carbons (Fsp3) is 0.455. The van der Waals surface area contributed by atoms with Crippen molar-refractivity contribution in [3.8, 4) is 5.75 Å². The zero-order valence-electron chi connectivity index (χ0n) is 10.4. The number of nitrogens with zero attached hydrogens (tertiary/aromatic N) is 1. The third-order valence-corrected chi connectivity index (χ3v) is 4.89. The molecular weight excluding hydrogens is 321 g/mol. The van der Waals surface area contributed by atoms with E-state index in [1.807, 2.05) is 0 Å². The third-order valence-electron chi connectivity index (χ3n) is 3.05. The van der Waals surface area contributed by atoms with Gasteiger partial charge in [-0.2, -0.15) is 17.5 Å². The molecule has 0 spiro atoms. The van der Waals surface area contributed by atoms with Gasteiger partial charge in [0.25, 0.3) is 5.92 Å². The van der Waals surface area contributed by atoms with Crippen molar-refractivity contribution in [2.24, 2.45) is 0 Å². The molecule has 1 heterocycles. The Morgan fingerprint density at radius 2 is 1.86 bits per heavy atom. The number of rotatable bonds is 2. The highest BCUT2D eigenvalue weighted by molar-refractivity contribution is 7.89. The monoisotopic (exact) mass is 331 g/mol. The number of benzene rings is 1. The van der Waals surface area contributed by atoms with E-state index < -0.39 is 57.8 Å². The molecule has 1 aromatic rings. The second-order valence-electron chi connectivity index (χ2n) is 4.62. The fourth-order valence-electron chi connectivity index (χ4n) is 1.96. The number of hydrogen-bond donors (Lipinski definition) is 1. The quantitative estimate of drug-likeness (QED) is 0.847. The second-order valence-corrected chi connectivity index (χ2v) is 6.56. The van der Waals surface area contributed by atoms with Crippen molar-refractivity contribution in [1.29, 1.82) is 0 Å². The molecule has 0 aromatic heterocycles. The Balaban J connectivity index is 2.43. The molecule has 1 fully saturated rings. The highest BCUT2D eigenvalue weighted by Crippen LogP contribution is 2.38. The predicted octanol–water partition coefficient (Wildman–Crippen LogP) is 2.44. The van der Waals surface area contributed by atoms with Crippen LogP contribution in [-0.4, -0.2) is 36.8 Å². The van der Waals surface area contributed by atoms with Gasteiger partial charge in [-0.15, -0.1) is 0 Å². The lowest BCUT2D eigenvalue weighted by molar-refractivity contribution is -0.138. The summed E-state index contributed by atoms with van der Waals surface area (Å²) in [6.45, 7) is -1.55. The molecule has 0 amide bonds. The molecule has 21 heavy (non-hydrogen) atoms. The first-order chi connectivity index (χ1) is 9.43. The number of hydrogen-bond acceptors (Lipinski definition) is 3. The second kappa shape index (κ2) is 4.80. The van der Waals surface area contributed by atoms with Gasteiger partial charge in [-0.1, -0.05) is 0 Å². The van der Waals surface area contributed by atoms with Crippen LogP contribution in [0.25, 0.3) is 0 Å². The molecule has 1 aliphatic heterocycles. The van der Waals surface area contributed by atoms with Crippen molar-refractivity contribution in [3.63, 3.8) is 0 Å². The average Bonchev–Trinajstić information content (AvgIpc) is 2.69. The molecule has 1 aliphatic rings. The van der Waals surface area contributed by atoms with Gasteiger partial charge in [0.05, 0.1) is 17.0 Å². The van der Waals surface area contributed by atoms with E-state index in [1.54, 1.807) is 0 Å². The number of phenols is 1. The van der Waals surface area contributed by atoms with Crippen molar-refractivity contribution in [2.45, 2.75) is 23.4 Å². The van der Waals surface area contributed by atoms with Crippen LogP contribution >= 0.6 is 0 Å². The van der Waals surface area contributed by atoms with Crippen molar-refractivity contribution in [2.75, 3.05) is 13.1 Å². The maximum atomic E-state index is 13.0. The molecule has 0 saturated carbocycles. The van der Waals surface area contributed by atoms with E-state index in [0.717, 1.165) is 6.07 Å². The first-order valence-electron chi connectivity index (χ1n) is 5.72. The molecule has 0 radical (unpaired) electrons. The summed E-state index contributed by atoms with van der Waals surface area (Å²) in [6, 6.07) is 1.56. The summed E-state index contributed by atoms with van der Waals surface area (Å²) in [7, 11) is -4.47. The number of aromatic hydroxyl groups is 1. The van der Waals surface area contributed by atoms with Gasteiger partial charge in [-0.3, -0.25) is 0 Å². The first kappa shape index (κ1) is 16.0. The molecule has 4 nitrogen and oxygen atoms in total. The van der Waals surface area contributed by atoms with E-state index in [2.05, 4.69) is 0 Å². The Morgan fingerprint density at radius 1 is 1.24 bits per heavy atom. The summed E-state index contributed by atoms with van der Waals surface area (Å²) in [4.78, 5) is -0.787. The van der Waals surface area contributed by atoms with Gasteiger partial charge in [-0.05, 0) is 18.2 Å². The number of sulfonamides is 1. The molecule has 1 aromatic carbocycles. The zero-order valence-corrected chi connectivity index (χ0v) is 11.2. The van der Waals surface area contributed by atoms with Gasteiger partial charge >= 0.3 is 6.18 Å². The van der Waals surface area contributed by atoms with Crippen molar-refractivity contribution in [1.82, 2.24) is 4.31 Å². The Morgan fingerprint density at radius 3 is 2.33 bits per heavy atom. The fourth-order valence-corrected chi connectivity index (χ4v) is 3.46. The Labute approximate surface area is 116 Å². The molecule has 0 aliphatic carbocycles. The van der Waals surface area contributed by atoms with Crippen LogP contribution in [0.2, 0.25) is 0 Å². The Kier molecular flexibility index (Phi) is 3.65. The van der Waals surface area contributed by atoms with Gasteiger partial charge in [0.1, 0.15) is 5.75 Å². The molecule has 0 bridgehead atoms. The molecule has 0 unspecified atom stereocenters. The minimum absolute atomic E-state index is 0.237. The number of halogens is 5. The van der Waals surface area contributed by atoms with Crippen LogP contribution in [0, 0.1) is 0 Å². The Hall–Kier alpha value is -1.42. The maximum Gasteiger partial charge on any atom is 0.419 e. The van der Waals surface area contributed by atoms with Gasteiger partial charge in [0, 0.05) is 13.0 Å². The Bertz CT molecular complexity index is 656. The molecule has 2 rings (SSSR count).